The maximum atomic E-state index is 12.8. The van der Waals surface area contributed by atoms with Gasteiger partial charge in [0.1, 0.15) is 0 Å². The van der Waals surface area contributed by atoms with Crippen molar-refractivity contribution in [3.05, 3.63) is 0 Å². The third-order valence-corrected chi connectivity index (χ3v) is 5.95. The van der Waals surface area contributed by atoms with Crippen molar-refractivity contribution in [2.75, 3.05) is 13.1 Å². The Morgan fingerprint density at radius 1 is 1.14 bits per heavy atom. The van der Waals surface area contributed by atoms with E-state index >= 15 is 0 Å². The van der Waals surface area contributed by atoms with Gasteiger partial charge in [-0.3, -0.25) is 4.79 Å². The van der Waals surface area contributed by atoms with E-state index in [1.54, 1.807) is 0 Å². The summed E-state index contributed by atoms with van der Waals surface area (Å²) in [5.74, 6) is 3.06. The highest BCUT2D eigenvalue weighted by Crippen LogP contribution is 2.50. The molecule has 1 aliphatic heterocycles. The third kappa shape index (κ3) is 3.73. The average molecular weight is 315 g/mol. The molecular weight excluding hydrogens is 284 g/mol. The normalized spacial score (nSPS) is 37.0. The monoisotopic (exact) mass is 314 g/mol. The van der Waals surface area contributed by atoms with E-state index in [-0.39, 0.29) is 12.4 Å². The highest BCUT2D eigenvalue weighted by atomic mass is 35.5. The zero-order chi connectivity index (χ0) is 14.1. The summed E-state index contributed by atoms with van der Waals surface area (Å²) in [5.41, 5.74) is 5.90. The molecule has 1 heterocycles. The Hall–Kier alpha value is -0.280. The molecule has 3 nitrogen and oxygen atoms in total. The molecule has 4 unspecified atom stereocenters. The number of carbonyl (C=O) groups excluding carboxylic acids is 1. The second-order valence-electron chi connectivity index (χ2n) is 7.45. The number of piperidine rings is 1. The van der Waals surface area contributed by atoms with Gasteiger partial charge in [-0.1, -0.05) is 39.0 Å². The fourth-order valence-electron chi connectivity index (χ4n) is 4.56. The molecule has 2 aliphatic carbocycles. The lowest BCUT2D eigenvalue weighted by atomic mass is 9.85. The first kappa shape index (κ1) is 17.1. The standard InChI is InChI=1S/C17H30N2O.ClH/c1-12-7-8-19(14(9-12)11-18)17(20)16-10-15(16)13-5-3-2-4-6-13;/h12-16H,2-11,18H2,1H3;1H. The van der Waals surface area contributed by atoms with Crippen LogP contribution in [-0.4, -0.2) is 29.9 Å². The van der Waals surface area contributed by atoms with E-state index in [0.29, 0.717) is 30.3 Å². The molecular formula is C17H31ClN2O. The first-order chi connectivity index (χ1) is 9.70. The van der Waals surface area contributed by atoms with Crippen molar-refractivity contribution in [1.29, 1.82) is 0 Å². The number of nitrogens with zero attached hydrogens (tertiary/aromatic N) is 1. The molecule has 4 atom stereocenters. The first-order valence-corrected chi connectivity index (χ1v) is 8.71. The van der Waals surface area contributed by atoms with E-state index in [1.165, 1.54) is 32.1 Å². The summed E-state index contributed by atoms with van der Waals surface area (Å²) >= 11 is 0. The van der Waals surface area contributed by atoms with Crippen molar-refractivity contribution in [1.82, 2.24) is 4.90 Å². The minimum atomic E-state index is 0. The number of hydrogen-bond acceptors (Lipinski definition) is 2. The molecule has 0 aromatic rings. The second kappa shape index (κ2) is 7.32. The van der Waals surface area contributed by atoms with Crippen LogP contribution >= 0.6 is 12.4 Å². The van der Waals surface area contributed by atoms with E-state index in [1.807, 2.05) is 0 Å². The minimum Gasteiger partial charge on any atom is -0.338 e. The molecule has 0 aromatic heterocycles. The van der Waals surface area contributed by atoms with Gasteiger partial charge in [0, 0.05) is 25.0 Å². The quantitative estimate of drug-likeness (QED) is 0.869. The van der Waals surface area contributed by atoms with Crippen molar-refractivity contribution < 1.29 is 4.79 Å². The van der Waals surface area contributed by atoms with Crippen LogP contribution in [0.1, 0.15) is 58.3 Å². The molecule has 0 radical (unpaired) electrons. The zero-order valence-corrected chi connectivity index (χ0v) is 14.1. The number of carbonyl (C=O) groups is 1. The van der Waals surface area contributed by atoms with Crippen LogP contribution in [0.4, 0.5) is 0 Å². The summed E-state index contributed by atoms with van der Waals surface area (Å²) in [5, 5.41) is 0. The lowest BCUT2D eigenvalue weighted by Crippen LogP contribution is -2.50. The smallest absolute Gasteiger partial charge is 0.226 e. The molecule has 0 spiro atoms. The van der Waals surface area contributed by atoms with Crippen LogP contribution in [0.2, 0.25) is 0 Å². The summed E-state index contributed by atoms with van der Waals surface area (Å²) in [6, 6.07) is 0.304. The van der Waals surface area contributed by atoms with Gasteiger partial charge in [-0.05, 0) is 37.0 Å². The van der Waals surface area contributed by atoms with Gasteiger partial charge in [0.25, 0.3) is 0 Å². The topological polar surface area (TPSA) is 46.3 Å². The summed E-state index contributed by atoms with van der Waals surface area (Å²) in [4.78, 5) is 14.9. The van der Waals surface area contributed by atoms with E-state index in [2.05, 4.69) is 11.8 Å². The predicted octanol–water partition coefficient (Wildman–Crippen LogP) is 3.21. The van der Waals surface area contributed by atoms with Gasteiger partial charge < -0.3 is 10.6 Å². The first-order valence-electron chi connectivity index (χ1n) is 8.71. The van der Waals surface area contributed by atoms with Gasteiger partial charge in [0.2, 0.25) is 5.91 Å². The predicted molar refractivity (Wildman–Crippen MR) is 88.4 cm³/mol. The van der Waals surface area contributed by atoms with Gasteiger partial charge in [-0.25, -0.2) is 0 Å². The fourth-order valence-corrected chi connectivity index (χ4v) is 4.56. The molecule has 1 amide bonds. The van der Waals surface area contributed by atoms with E-state index in [4.69, 9.17) is 5.73 Å². The van der Waals surface area contributed by atoms with Crippen LogP contribution in [0.25, 0.3) is 0 Å². The number of amides is 1. The largest absolute Gasteiger partial charge is 0.338 e. The molecule has 3 rings (SSSR count). The lowest BCUT2D eigenvalue weighted by Gasteiger charge is -2.38. The Labute approximate surface area is 135 Å². The number of halogens is 1. The molecule has 0 aromatic carbocycles. The molecule has 0 bridgehead atoms. The van der Waals surface area contributed by atoms with E-state index in [0.717, 1.165) is 37.6 Å². The molecule has 1 saturated heterocycles. The molecule has 21 heavy (non-hydrogen) atoms. The SMILES string of the molecule is CC1CCN(C(=O)C2CC2C2CCCCC2)C(CN)C1.Cl. The van der Waals surface area contributed by atoms with Crippen LogP contribution in [-0.2, 0) is 4.79 Å². The highest BCUT2D eigenvalue weighted by molar-refractivity contribution is 5.85. The lowest BCUT2D eigenvalue weighted by molar-refractivity contribution is -0.137. The Kier molecular flexibility index (Phi) is 5.96. The van der Waals surface area contributed by atoms with Gasteiger partial charge >= 0.3 is 0 Å². The number of nitrogens with two attached hydrogens (primary N) is 1. The molecule has 4 heteroatoms. The van der Waals surface area contributed by atoms with Crippen LogP contribution in [0.15, 0.2) is 0 Å². The summed E-state index contributed by atoms with van der Waals surface area (Å²) < 4.78 is 0. The van der Waals surface area contributed by atoms with Crippen molar-refractivity contribution in [3.8, 4) is 0 Å². The van der Waals surface area contributed by atoms with Gasteiger partial charge in [-0.2, -0.15) is 0 Å². The maximum absolute atomic E-state index is 12.8. The molecule has 2 N–H and O–H groups in total. The number of hydrogen-bond donors (Lipinski definition) is 1. The van der Waals surface area contributed by atoms with E-state index in [9.17, 15) is 4.79 Å². The fraction of sp³-hybridized carbons (Fsp3) is 0.941. The molecule has 122 valence electrons. The van der Waals surface area contributed by atoms with E-state index < -0.39 is 0 Å². The Bertz CT molecular complexity index is 357. The summed E-state index contributed by atoms with van der Waals surface area (Å²) in [7, 11) is 0. The second-order valence-corrected chi connectivity index (χ2v) is 7.45. The summed E-state index contributed by atoms with van der Waals surface area (Å²) in [6.45, 7) is 3.86. The van der Waals surface area contributed by atoms with Crippen LogP contribution < -0.4 is 5.73 Å². The third-order valence-electron chi connectivity index (χ3n) is 5.95. The Morgan fingerprint density at radius 2 is 1.86 bits per heavy atom. The van der Waals surface area contributed by atoms with Crippen molar-refractivity contribution in [2.24, 2.45) is 29.4 Å². The minimum absolute atomic E-state index is 0. The van der Waals surface area contributed by atoms with Crippen LogP contribution in [0.5, 0.6) is 0 Å². The van der Waals surface area contributed by atoms with Crippen molar-refractivity contribution in [3.63, 3.8) is 0 Å². The molecule has 3 aliphatic rings. The average Bonchev–Trinajstić information content (AvgIpc) is 3.28. The Morgan fingerprint density at radius 3 is 2.52 bits per heavy atom. The van der Waals surface area contributed by atoms with Gasteiger partial charge in [0.15, 0.2) is 0 Å². The van der Waals surface area contributed by atoms with Gasteiger partial charge in [0.05, 0.1) is 0 Å². The maximum Gasteiger partial charge on any atom is 0.226 e. The highest BCUT2D eigenvalue weighted by Gasteiger charge is 2.49. The van der Waals surface area contributed by atoms with Gasteiger partial charge in [-0.15, -0.1) is 12.4 Å². The molecule has 3 fully saturated rings. The molecule has 2 saturated carbocycles. The van der Waals surface area contributed by atoms with Crippen molar-refractivity contribution in [2.45, 2.75) is 64.3 Å². The Balaban J connectivity index is 0.00000161. The number of likely N-dealkylation sites (tertiary alicyclic amines) is 1. The van der Waals surface area contributed by atoms with Crippen LogP contribution in [0.3, 0.4) is 0 Å². The van der Waals surface area contributed by atoms with Crippen molar-refractivity contribution >= 4 is 18.3 Å². The van der Waals surface area contributed by atoms with Crippen LogP contribution in [0, 0.1) is 23.7 Å². The zero-order valence-electron chi connectivity index (χ0n) is 13.3. The number of rotatable bonds is 3. The summed E-state index contributed by atoms with van der Waals surface area (Å²) in [6.07, 6.45) is 10.3.